The maximum absolute atomic E-state index is 2.39. The van der Waals surface area contributed by atoms with Crippen molar-refractivity contribution in [2.45, 2.75) is 27.2 Å². The average molecular weight is 622 g/mol. The summed E-state index contributed by atoms with van der Waals surface area (Å²) in [6.45, 7) is 6.62. The van der Waals surface area contributed by atoms with Crippen LogP contribution >= 0.6 is 22.7 Å². The van der Waals surface area contributed by atoms with E-state index in [-0.39, 0.29) is 0 Å². The molecule has 0 aliphatic rings. The number of aromatic nitrogens is 1. The SMILES string of the molecule is CC/C=C/N(c1ccccc1)c1ccc(-c2ccc(N(c3ccccc3)c3ccc4c(c3)c(C)c(C)n4-c3ccccc3)s2)s1. The first-order valence-corrected chi connectivity index (χ1v) is 17.0. The van der Waals surface area contributed by atoms with Gasteiger partial charge >= 0.3 is 0 Å². The number of allylic oxidation sites excluding steroid dienone is 1. The Hall–Kier alpha value is -4.84. The van der Waals surface area contributed by atoms with Gasteiger partial charge < -0.3 is 14.4 Å². The summed E-state index contributed by atoms with van der Waals surface area (Å²) in [6.07, 6.45) is 5.39. The molecule has 0 atom stereocenters. The van der Waals surface area contributed by atoms with Crippen LogP contribution in [0.25, 0.3) is 26.3 Å². The van der Waals surface area contributed by atoms with Crippen LogP contribution in [-0.4, -0.2) is 4.57 Å². The Kier molecular flexibility index (Phi) is 8.12. The van der Waals surface area contributed by atoms with Crippen molar-refractivity contribution in [1.82, 2.24) is 4.57 Å². The minimum atomic E-state index is 0.993. The van der Waals surface area contributed by atoms with Crippen LogP contribution in [0.3, 0.4) is 0 Å². The molecule has 0 aliphatic heterocycles. The van der Waals surface area contributed by atoms with Gasteiger partial charge in [-0.3, -0.25) is 0 Å². The second-order valence-electron chi connectivity index (χ2n) is 11.0. The molecular formula is C40H35N3S2. The predicted molar refractivity (Wildman–Crippen MR) is 197 cm³/mol. The van der Waals surface area contributed by atoms with E-state index in [4.69, 9.17) is 0 Å². The molecule has 0 N–H and O–H groups in total. The number of nitrogens with zero attached hydrogens (tertiary/aromatic N) is 3. The molecule has 0 aliphatic carbocycles. The number of rotatable bonds is 9. The van der Waals surface area contributed by atoms with E-state index in [9.17, 15) is 0 Å². The number of aryl methyl sites for hydroxylation is 1. The largest absolute Gasteiger partial charge is 0.314 e. The van der Waals surface area contributed by atoms with Crippen LogP contribution in [-0.2, 0) is 0 Å². The number of anilines is 5. The molecule has 0 amide bonds. The van der Waals surface area contributed by atoms with Gasteiger partial charge in [-0.1, -0.05) is 67.6 Å². The zero-order valence-electron chi connectivity index (χ0n) is 25.7. The predicted octanol–water partition coefficient (Wildman–Crippen LogP) is 12.6. The zero-order chi connectivity index (χ0) is 30.8. The zero-order valence-corrected chi connectivity index (χ0v) is 27.4. The number of benzene rings is 4. The van der Waals surface area contributed by atoms with E-state index in [2.05, 4.69) is 181 Å². The molecule has 0 saturated carbocycles. The first-order chi connectivity index (χ1) is 22.1. The Balaban J connectivity index is 1.28. The van der Waals surface area contributed by atoms with Gasteiger partial charge in [0.25, 0.3) is 0 Å². The minimum Gasteiger partial charge on any atom is -0.314 e. The van der Waals surface area contributed by atoms with Gasteiger partial charge in [-0.25, -0.2) is 0 Å². The lowest BCUT2D eigenvalue weighted by Crippen LogP contribution is -2.08. The van der Waals surface area contributed by atoms with Crippen LogP contribution in [0.2, 0.25) is 0 Å². The van der Waals surface area contributed by atoms with E-state index in [1.54, 1.807) is 0 Å². The fourth-order valence-electron chi connectivity index (χ4n) is 5.85. The number of hydrogen-bond donors (Lipinski definition) is 0. The lowest BCUT2D eigenvalue weighted by Gasteiger charge is -2.24. The van der Waals surface area contributed by atoms with Gasteiger partial charge in [-0.2, -0.15) is 0 Å². The van der Waals surface area contributed by atoms with Crippen LogP contribution < -0.4 is 9.80 Å². The molecule has 3 heterocycles. The molecule has 0 spiro atoms. The Bertz CT molecular complexity index is 2070. The number of hydrogen-bond acceptors (Lipinski definition) is 4. The highest BCUT2D eigenvalue weighted by Gasteiger charge is 2.19. The third-order valence-electron chi connectivity index (χ3n) is 8.20. The lowest BCUT2D eigenvalue weighted by atomic mass is 10.1. The van der Waals surface area contributed by atoms with Crippen LogP contribution in [0.4, 0.5) is 27.1 Å². The normalized spacial score (nSPS) is 11.4. The first-order valence-electron chi connectivity index (χ1n) is 15.4. The summed E-state index contributed by atoms with van der Waals surface area (Å²) in [7, 11) is 0. The summed E-state index contributed by atoms with van der Waals surface area (Å²) in [5.74, 6) is 0. The van der Waals surface area contributed by atoms with Crippen molar-refractivity contribution in [1.29, 1.82) is 0 Å². The average Bonchev–Trinajstić information content (AvgIpc) is 3.82. The molecule has 0 saturated heterocycles. The fraction of sp³-hybridized carbons (Fsp3) is 0.100. The van der Waals surface area contributed by atoms with Gasteiger partial charge in [0.1, 0.15) is 10.0 Å². The highest BCUT2D eigenvalue weighted by molar-refractivity contribution is 7.25. The Morgan fingerprint density at radius 3 is 1.89 bits per heavy atom. The van der Waals surface area contributed by atoms with Gasteiger partial charge in [0.15, 0.2) is 0 Å². The molecule has 5 heteroatoms. The van der Waals surface area contributed by atoms with E-state index >= 15 is 0 Å². The highest BCUT2D eigenvalue weighted by Crippen LogP contribution is 2.46. The fourth-order valence-corrected chi connectivity index (χ4v) is 8.00. The maximum Gasteiger partial charge on any atom is 0.101 e. The molecule has 45 heavy (non-hydrogen) atoms. The van der Waals surface area contributed by atoms with Crippen LogP contribution in [0, 0.1) is 13.8 Å². The molecule has 3 aromatic heterocycles. The Morgan fingerprint density at radius 1 is 0.622 bits per heavy atom. The number of para-hydroxylation sites is 3. The van der Waals surface area contributed by atoms with Gasteiger partial charge in [-0.05, 0) is 105 Å². The van der Waals surface area contributed by atoms with E-state index in [1.807, 2.05) is 22.7 Å². The van der Waals surface area contributed by atoms with Crippen molar-refractivity contribution in [3.05, 3.63) is 157 Å². The third-order valence-corrected chi connectivity index (χ3v) is 10.5. The van der Waals surface area contributed by atoms with Crippen molar-refractivity contribution in [3.8, 4) is 15.4 Å². The number of fused-ring (bicyclic) bond motifs is 1. The third kappa shape index (κ3) is 5.61. The summed E-state index contributed by atoms with van der Waals surface area (Å²) >= 11 is 3.66. The molecule has 4 aromatic carbocycles. The van der Waals surface area contributed by atoms with Gasteiger partial charge in [-0.15, -0.1) is 22.7 Å². The topological polar surface area (TPSA) is 11.4 Å². The van der Waals surface area contributed by atoms with Gasteiger partial charge in [0.2, 0.25) is 0 Å². The molecule has 0 bridgehead atoms. The van der Waals surface area contributed by atoms with E-state index in [0.29, 0.717) is 0 Å². The summed E-state index contributed by atoms with van der Waals surface area (Å²) < 4.78 is 2.37. The summed E-state index contributed by atoms with van der Waals surface area (Å²) in [5, 5.41) is 3.67. The lowest BCUT2D eigenvalue weighted by molar-refractivity contribution is 1.04. The maximum atomic E-state index is 2.39. The van der Waals surface area contributed by atoms with Crippen molar-refractivity contribution in [3.63, 3.8) is 0 Å². The molecule has 3 nitrogen and oxygen atoms in total. The van der Waals surface area contributed by atoms with Crippen molar-refractivity contribution in [2.24, 2.45) is 0 Å². The molecule has 7 rings (SSSR count). The molecule has 0 unspecified atom stereocenters. The van der Waals surface area contributed by atoms with Crippen molar-refractivity contribution in [2.75, 3.05) is 9.80 Å². The smallest absolute Gasteiger partial charge is 0.101 e. The van der Waals surface area contributed by atoms with Gasteiger partial charge in [0, 0.05) is 49.8 Å². The second kappa shape index (κ2) is 12.6. The molecule has 222 valence electrons. The summed E-state index contributed by atoms with van der Waals surface area (Å²) in [4.78, 5) is 7.19. The Labute approximate surface area is 273 Å². The van der Waals surface area contributed by atoms with Crippen molar-refractivity contribution < 1.29 is 0 Å². The standard InChI is InChI=1S/C40H35N3S2/c1-4-5-27-41(31-15-9-6-10-16-31)39-25-23-37(44-39)38-24-26-40(45-38)43(33-19-13-8-14-20-33)34-21-22-36-35(28-34)29(2)30(3)42(36)32-17-11-7-12-18-32/h5-28H,4H2,1-3H3/b27-5+. The van der Waals surface area contributed by atoms with E-state index in [1.165, 1.54) is 53.3 Å². The molecule has 0 fully saturated rings. The molecule has 0 radical (unpaired) electrons. The number of thiophene rings is 2. The molecular weight excluding hydrogens is 587 g/mol. The summed E-state index contributed by atoms with van der Waals surface area (Å²) in [6, 6.07) is 47.8. The first kappa shape index (κ1) is 28.9. The summed E-state index contributed by atoms with van der Waals surface area (Å²) in [5.41, 5.74) is 8.46. The van der Waals surface area contributed by atoms with Crippen molar-refractivity contribution >= 4 is 60.6 Å². The monoisotopic (exact) mass is 621 g/mol. The highest BCUT2D eigenvalue weighted by atomic mass is 32.1. The quantitative estimate of drug-likeness (QED) is 0.159. The van der Waals surface area contributed by atoms with Crippen LogP contribution in [0.1, 0.15) is 24.6 Å². The van der Waals surface area contributed by atoms with E-state index < -0.39 is 0 Å². The van der Waals surface area contributed by atoms with Crippen LogP contribution in [0.15, 0.2) is 146 Å². The van der Waals surface area contributed by atoms with E-state index in [0.717, 1.165) is 17.8 Å². The Morgan fingerprint density at radius 2 is 1.22 bits per heavy atom. The van der Waals surface area contributed by atoms with Gasteiger partial charge in [0.05, 0.1) is 5.52 Å². The molecule has 7 aromatic rings. The minimum absolute atomic E-state index is 0.993. The second-order valence-corrected chi connectivity index (χ2v) is 13.2. The van der Waals surface area contributed by atoms with Crippen LogP contribution in [0.5, 0.6) is 0 Å².